The molecule has 32 heavy (non-hydrogen) atoms. The summed E-state index contributed by atoms with van der Waals surface area (Å²) < 4.78 is 10.2. The maximum absolute atomic E-state index is 13.1. The molecule has 0 aromatic heterocycles. The van der Waals surface area contributed by atoms with E-state index in [1.165, 1.54) is 26.4 Å². The molecule has 0 saturated carbocycles. The molecule has 2 N–H and O–H groups in total. The lowest BCUT2D eigenvalue weighted by Gasteiger charge is -2.23. The zero-order chi connectivity index (χ0) is 23.6. The third-order valence-electron chi connectivity index (χ3n) is 5.22. The van der Waals surface area contributed by atoms with E-state index in [0.29, 0.717) is 11.3 Å². The highest BCUT2D eigenvalue weighted by Crippen LogP contribution is 2.32. The minimum absolute atomic E-state index is 0.0820. The number of aryl methyl sites for hydroxylation is 1. The van der Waals surface area contributed by atoms with Crippen molar-refractivity contribution in [2.75, 3.05) is 26.1 Å². The molecule has 2 aromatic carbocycles. The van der Waals surface area contributed by atoms with Gasteiger partial charge in [-0.2, -0.15) is 0 Å². The van der Waals surface area contributed by atoms with Gasteiger partial charge in [-0.1, -0.05) is 6.07 Å². The Morgan fingerprint density at radius 1 is 1.19 bits per heavy atom. The summed E-state index contributed by atoms with van der Waals surface area (Å²) in [5, 5.41) is 16.3. The van der Waals surface area contributed by atoms with Gasteiger partial charge in [-0.3, -0.25) is 24.6 Å². The van der Waals surface area contributed by atoms with Crippen LogP contribution in [0.15, 0.2) is 36.4 Å². The van der Waals surface area contributed by atoms with Crippen LogP contribution >= 0.6 is 0 Å². The number of hydrogen-bond donors (Lipinski definition) is 2. The van der Waals surface area contributed by atoms with E-state index >= 15 is 0 Å². The fraction of sp³-hybridized carbons (Fsp3) is 0.286. The molecule has 0 aliphatic carbocycles. The number of methoxy groups -OCH3 is 2. The van der Waals surface area contributed by atoms with Gasteiger partial charge in [-0.25, -0.2) is 4.79 Å². The molecule has 1 atom stereocenters. The number of benzene rings is 2. The first-order valence-electron chi connectivity index (χ1n) is 9.52. The number of hydrogen-bond acceptors (Lipinski definition) is 7. The van der Waals surface area contributed by atoms with Crippen LogP contribution in [-0.4, -0.2) is 48.4 Å². The second kappa shape index (κ2) is 8.53. The minimum atomic E-state index is -1.37. The quantitative estimate of drug-likeness (QED) is 0.381. The number of carbonyl (C=O) groups is 3. The number of anilines is 1. The average Bonchev–Trinajstić information content (AvgIpc) is 2.97. The highest BCUT2D eigenvalue weighted by Gasteiger charge is 2.49. The highest BCUT2D eigenvalue weighted by atomic mass is 16.6. The minimum Gasteiger partial charge on any atom is -0.496 e. The van der Waals surface area contributed by atoms with Crippen LogP contribution in [0.4, 0.5) is 16.2 Å². The second-order valence-electron chi connectivity index (χ2n) is 7.32. The number of nitro benzene ring substituents is 1. The van der Waals surface area contributed by atoms with Gasteiger partial charge in [0.05, 0.1) is 25.2 Å². The lowest BCUT2D eigenvalue weighted by atomic mass is 9.90. The van der Waals surface area contributed by atoms with Gasteiger partial charge in [0.25, 0.3) is 11.6 Å². The van der Waals surface area contributed by atoms with Gasteiger partial charge in [0.15, 0.2) is 0 Å². The van der Waals surface area contributed by atoms with Gasteiger partial charge in [-0.15, -0.1) is 0 Å². The standard InChI is InChI=1S/C21H22N4O7/c1-12-9-13(5-8-17(12)32-4)21(2)19(27)24(20(28)23-21)11-18(26)22-15-7-6-14(31-3)10-16(15)25(29)30/h5-10H,11H2,1-4H3,(H,22,26)(H,23,28). The van der Waals surface area contributed by atoms with E-state index in [9.17, 15) is 24.5 Å². The maximum Gasteiger partial charge on any atom is 0.325 e. The molecule has 11 nitrogen and oxygen atoms in total. The van der Waals surface area contributed by atoms with Crippen molar-refractivity contribution in [1.29, 1.82) is 0 Å². The molecule has 0 radical (unpaired) electrons. The van der Waals surface area contributed by atoms with E-state index in [1.54, 1.807) is 32.0 Å². The molecule has 1 aliphatic rings. The summed E-state index contributed by atoms with van der Waals surface area (Å²) in [6, 6.07) is 8.24. The van der Waals surface area contributed by atoms with Crippen molar-refractivity contribution in [2.24, 2.45) is 0 Å². The van der Waals surface area contributed by atoms with E-state index in [1.807, 2.05) is 0 Å². The number of urea groups is 1. The Morgan fingerprint density at radius 2 is 1.91 bits per heavy atom. The van der Waals surface area contributed by atoms with Crippen molar-refractivity contribution in [3.05, 3.63) is 57.6 Å². The molecule has 1 heterocycles. The summed E-state index contributed by atoms with van der Waals surface area (Å²) >= 11 is 0. The molecular weight excluding hydrogens is 420 g/mol. The maximum atomic E-state index is 13.1. The van der Waals surface area contributed by atoms with E-state index in [-0.39, 0.29) is 17.1 Å². The Hall–Kier alpha value is -4.15. The normalized spacial score (nSPS) is 17.7. The van der Waals surface area contributed by atoms with Crippen molar-refractivity contribution in [2.45, 2.75) is 19.4 Å². The molecule has 0 spiro atoms. The smallest absolute Gasteiger partial charge is 0.325 e. The van der Waals surface area contributed by atoms with Crippen LogP contribution in [0.1, 0.15) is 18.1 Å². The molecule has 1 aliphatic heterocycles. The van der Waals surface area contributed by atoms with Crippen molar-refractivity contribution >= 4 is 29.2 Å². The molecule has 1 saturated heterocycles. The Morgan fingerprint density at radius 3 is 2.50 bits per heavy atom. The van der Waals surface area contributed by atoms with Crippen molar-refractivity contribution in [3.8, 4) is 11.5 Å². The summed E-state index contributed by atoms with van der Waals surface area (Å²) in [5.74, 6) is -0.510. The van der Waals surface area contributed by atoms with Gasteiger partial charge in [0, 0.05) is 0 Å². The molecule has 11 heteroatoms. The number of imide groups is 1. The third-order valence-corrected chi connectivity index (χ3v) is 5.22. The van der Waals surface area contributed by atoms with Crippen molar-refractivity contribution in [1.82, 2.24) is 10.2 Å². The molecule has 4 amide bonds. The van der Waals surface area contributed by atoms with Crippen LogP contribution < -0.4 is 20.1 Å². The summed E-state index contributed by atoms with van der Waals surface area (Å²) in [7, 11) is 2.88. The highest BCUT2D eigenvalue weighted by molar-refractivity contribution is 6.10. The zero-order valence-corrected chi connectivity index (χ0v) is 17.9. The van der Waals surface area contributed by atoms with Crippen LogP contribution in [0.2, 0.25) is 0 Å². The van der Waals surface area contributed by atoms with E-state index in [0.717, 1.165) is 16.5 Å². The topological polar surface area (TPSA) is 140 Å². The molecule has 1 unspecified atom stereocenters. The number of nitrogens with one attached hydrogen (secondary N) is 2. The first-order valence-corrected chi connectivity index (χ1v) is 9.52. The summed E-state index contributed by atoms with van der Waals surface area (Å²) in [6.07, 6.45) is 0. The lowest BCUT2D eigenvalue weighted by molar-refractivity contribution is -0.384. The summed E-state index contributed by atoms with van der Waals surface area (Å²) in [6.45, 7) is 2.74. The first kappa shape index (κ1) is 22.5. The van der Waals surface area contributed by atoms with Gasteiger partial charge in [0.1, 0.15) is 29.3 Å². The SMILES string of the molecule is COc1ccc(NC(=O)CN2C(=O)NC(C)(c3ccc(OC)c(C)c3)C2=O)c([N+](=O)[O-])c1. The molecule has 168 valence electrons. The Bertz CT molecular complexity index is 1120. The zero-order valence-electron chi connectivity index (χ0n) is 17.9. The van der Waals surface area contributed by atoms with Gasteiger partial charge >= 0.3 is 6.03 Å². The number of rotatable bonds is 7. The van der Waals surface area contributed by atoms with Crippen molar-refractivity contribution < 1.29 is 28.8 Å². The Labute approximate surface area is 183 Å². The summed E-state index contributed by atoms with van der Waals surface area (Å²) in [5.41, 5.74) is -0.533. The molecule has 1 fully saturated rings. The molecular formula is C21H22N4O7. The number of amides is 4. The number of carbonyl (C=O) groups excluding carboxylic acids is 3. The van der Waals surface area contributed by atoms with Crippen LogP contribution in [-0.2, 0) is 15.1 Å². The predicted octanol–water partition coefficient (Wildman–Crippen LogP) is 2.33. The number of ether oxygens (including phenoxy) is 2. The molecule has 0 bridgehead atoms. The fourth-order valence-corrected chi connectivity index (χ4v) is 3.45. The van der Waals surface area contributed by atoms with E-state index < -0.39 is 34.9 Å². The van der Waals surface area contributed by atoms with Crippen LogP contribution in [0.5, 0.6) is 11.5 Å². The average molecular weight is 442 g/mol. The van der Waals surface area contributed by atoms with Crippen molar-refractivity contribution in [3.63, 3.8) is 0 Å². The van der Waals surface area contributed by atoms with Gasteiger partial charge < -0.3 is 20.1 Å². The Kier molecular flexibility index (Phi) is 6.01. The fourth-order valence-electron chi connectivity index (χ4n) is 3.45. The van der Waals surface area contributed by atoms with Crippen LogP contribution in [0.3, 0.4) is 0 Å². The third kappa shape index (κ3) is 4.04. The largest absolute Gasteiger partial charge is 0.496 e. The number of nitrogens with zero attached hydrogens (tertiary/aromatic N) is 2. The van der Waals surface area contributed by atoms with E-state index in [4.69, 9.17) is 9.47 Å². The van der Waals surface area contributed by atoms with Gasteiger partial charge in [0.2, 0.25) is 5.91 Å². The van der Waals surface area contributed by atoms with Crippen LogP contribution in [0, 0.1) is 17.0 Å². The number of nitro groups is 1. The summed E-state index contributed by atoms with van der Waals surface area (Å²) in [4.78, 5) is 49.5. The molecule has 2 aromatic rings. The lowest BCUT2D eigenvalue weighted by Crippen LogP contribution is -2.42. The molecule has 3 rings (SSSR count). The first-order chi connectivity index (χ1) is 15.1. The predicted molar refractivity (Wildman–Crippen MR) is 114 cm³/mol. The van der Waals surface area contributed by atoms with Gasteiger partial charge in [-0.05, 0) is 49.2 Å². The Balaban J connectivity index is 1.79. The monoisotopic (exact) mass is 442 g/mol. The second-order valence-corrected chi connectivity index (χ2v) is 7.32. The van der Waals surface area contributed by atoms with E-state index in [2.05, 4.69) is 10.6 Å². The van der Waals surface area contributed by atoms with Crippen LogP contribution in [0.25, 0.3) is 0 Å².